The number of nitrogens with zero attached hydrogens (tertiary/aromatic N) is 1. The summed E-state index contributed by atoms with van der Waals surface area (Å²) in [4.78, 5) is 24.3. The van der Waals surface area contributed by atoms with Gasteiger partial charge in [-0.15, -0.1) is 0 Å². The van der Waals surface area contributed by atoms with Crippen LogP contribution in [0.2, 0.25) is 5.02 Å². The Labute approximate surface area is 123 Å². The van der Waals surface area contributed by atoms with Gasteiger partial charge in [-0.2, -0.15) is 0 Å². The molecule has 2 N–H and O–H groups in total. The van der Waals surface area contributed by atoms with E-state index in [1.807, 2.05) is 0 Å². The van der Waals surface area contributed by atoms with Crippen molar-refractivity contribution in [1.82, 2.24) is 4.90 Å². The van der Waals surface area contributed by atoms with Gasteiger partial charge in [-0.05, 0) is 24.6 Å². The van der Waals surface area contributed by atoms with E-state index in [0.29, 0.717) is 12.2 Å². The summed E-state index contributed by atoms with van der Waals surface area (Å²) in [5.41, 5.74) is 0.494. The topological polar surface area (TPSA) is 69.6 Å². The van der Waals surface area contributed by atoms with Crippen molar-refractivity contribution in [1.29, 1.82) is 0 Å². The third kappa shape index (κ3) is 4.74. The minimum absolute atomic E-state index is 0.0148. The highest BCUT2D eigenvalue weighted by atomic mass is 35.5. The lowest BCUT2D eigenvalue weighted by Crippen LogP contribution is -2.32. The summed E-state index contributed by atoms with van der Waals surface area (Å²) in [6.07, 6.45) is 3.14. The van der Waals surface area contributed by atoms with Crippen LogP contribution in [0.15, 0.2) is 18.2 Å². The number of halogens is 1. The van der Waals surface area contributed by atoms with Gasteiger partial charge in [0.2, 0.25) is 0 Å². The normalized spacial score (nSPS) is 10.2. The maximum atomic E-state index is 11.9. The van der Waals surface area contributed by atoms with Gasteiger partial charge in [0, 0.05) is 19.3 Å². The predicted molar refractivity (Wildman–Crippen MR) is 79.6 cm³/mol. The van der Waals surface area contributed by atoms with Crippen LogP contribution in [0.4, 0.5) is 10.5 Å². The number of hydrogen-bond acceptors (Lipinski definition) is 2. The van der Waals surface area contributed by atoms with Crippen molar-refractivity contribution in [2.45, 2.75) is 26.2 Å². The zero-order valence-electron chi connectivity index (χ0n) is 11.6. The molecule has 0 unspecified atom stereocenters. The molecule has 0 radical (unpaired) electrons. The Hall–Kier alpha value is -1.75. The second kappa shape index (κ2) is 7.75. The number of benzene rings is 1. The van der Waals surface area contributed by atoms with Crippen LogP contribution in [0.3, 0.4) is 0 Å². The second-order valence-electron chi connectivity index (χ2n) is 4.56. The Balaban J connectivity index is 2.62. The minimum Gasteiger partial charge on any atom is -0.478 e. The van der Waals surface area contributed by atoms with Crippen LogP contribution in [0, 0.1) is 0 Å². The fourth-order valence-corrected chi connectivity index (χ4v) is 1.95. The van der Waals surface area contributed by atoms with Crippen LogP contribution in [0.1, 0.15) is 36.5 Å². The molecule has 0 aliphatic carbocycles. The lowest BCUT2D eigenvalue weighted by atomic mass is 10.2. The monoisotopic (exact) mass is 298 g/mol. The van der Waals surface area contributed by atoms with E-state index in [4.69, 9.17) is 16.7 Å². The van der Waals surface area contributed by atoms with Gasteiger partial charge in [-0.25, -0.2) is 9.59 Å². The first-order valence-corrected chi connectivity index (χ1v) is 6.88. The predicted octanol–water partition coefficient (Wildman–Crippen LogP) is 3.69. The van der Waals surface area contributed by atoms with Gasteiger partial charge in [-0.3, -0.25) is 0 Å². The fourth-order valence-electron chi connectivity index (χ4n) is 1.69. The number of carbonyl (C=O) groups excluding carboxylic acids is 1. The number of aromatic carboxylic acids is 1. The molecule has 0 saturated heterocycles. The molecule has 1 rings (SSSR count). The number of carboxylic acids is 1. The molecule has 0 aliphatic heterocycles. The Morgan fingerprint density at radius 1 is 1.35 bits per heavy atom. The van der Waals surface area contributed by atoms with Gasteiger partial charge in [0.1, 0.15) is 0 Å². The van der Waals surface area contributed by atoms with E-state index in [1.165, 1.54) is 18.2 Å². The van der Waals surface area contributed by atoms with Gasteiger partial charge in [-0.1, -0.05) is 31.4 Å². The lowest BCUT2D eigenvalue weighted by molar-refractivity contribution is 0.0697. The highest BCUT2D eigenvalue weighted by Crippen LogP contribution is 2.21. The third-order valence-electron chi connectivity index (χ3n) is 2.89. The smallest absolute Gasteiger partial charge is 0.337 e. The maximum Gasteiger partial charge on any atom is 0.337 e. The average Bonchev–Trinajstić information content (AvgIpc) is 2.38. The van der Waals surface area contributed by atoms with E-state index in [9.17, 15) is 9.59 Å². The van der Waals surface area contributed by atoms with E-state index < -0.39 is 5.97 Å². The Morgan fingerprint density at radius 3 is 2.60 bits per heavy atom. The summed E-state index contributed by atoms with van der Waals surface area (Å²) < 4.78 is 0. The van der Waals surface area contributed by atoms with E-state index in [2.05, 4.69) is 12.2 Å². The molecule has 0 saturated carbocycles. The van der Waals surface area contributed by atoms with E-state index in [0.717, 1.165) is 19.3 Å². The van der Waals surface area contributed by atoms with Crippen molar-refractivity contribution in [3.05, 3.63) is 28.8 Å². The summed E-state index contributed by atoms with van der Waals surface area (Å²) >= 11 is 5.84. The van der Waals surface area contributed by atoms with Crippen molar-refractivity contribution >= 4 is 29.3 Å². The lowest BCUT2D eigenvalue weighted by Gasteiger charge is -2.18. The molecule has 20 heavy (non-hydrogen) atoms. The molecule has 1 aromatic carbocycles. The zero-order chi connectivity index (χ0) is 15.1. The number of unbranched alkanes of at least 4 members (excludes halogenated alkanes) is 2. The molecule has 0 atom stereocenters. The first kappa shape index (κ1) is 16.3. The SMILES string of the molecule is CCCCCN(C)C(=O)Nc1ccc(C(=O)O)c(Cl)c1. The second-order valence-corrected chi connectivity index (χ2v) is 4.97. The number of hydrogen-bond donors (Lipinski definition) is 2. The van der Waals surface area contributed by atoms with Crippen LogP contribution in [0.25, 0.3) is 0 Å². The number of urea groups is 1. The molecule has 0 aromatic heterocycles. The summed E-state index contributed by atoms with van der Waals surface area (Å²) in [7, 11) is 1.72. The zero-order valence-corrected chi connectivity index (χ0v) is 12.4. The number of carbonyl (C=O) groups is 2. The largest absolute Gasteiger partial charge is 0.478 e. The summed E-state index contributed by atoms with van der Waals surface area (Å²) in [6, 6.07) is 4.09. The van der Waals surface area contributed by atoms with Gasteiger partial charge >= 0.3 is 12.0 Å². The molecule has 6 heteroatoms. The van der Waals surface area contributed by atoms with Gasteiger partial charge in [0.25, 0.3) is 0 Å². The van der Waals surface area contributed by atoms with Gasteiger partial charge in [0.15, 0.2) is 0 Å². The van der Waals surface area contributed by atoms with Gasteiger partial charge in [0.05, 0.1) is 10.6 Å². The summed E-state index contributed by atoms with van der Waals surface area (Å²) in [5, 5.41) is 11.7. The van der Waals surface area contributed by atoms with Crippen molar-refractivity contribution in [3.8, 4) is 0 Å². The molecule has 0 aliphatic rings. The van der Waals surface area contributed by atoms with Crippen molar-refractivity contribution in [2.24, 2.45) is 0 Å². The van der Waals surface area contributed by atoms with E-state index >= 15 is 0 Å². The fraction of sp³-hybridized carbons (Fsp3) is 0.429. The molecule has 110 valence electrons. The average molecular weight is 299 g/mol. The third-order valence-corrected chi connectivity index (χ3v) is 3.21. The van der Waals surface area contributed by atoms with Crippen molar-refractivity contribution in [2.75, 3.05) is 18.9 Å². The molecule has 2 amide bonds. The number of carboxylic acid groups (broad SMARTS) is 1. The van der Waals surface area contributed by atoms with Crippen molar-refractivity contribution in [3.63, 3.8) is 0 Å². The number of amides is 2. The van der Waals surface area contributed by atoms with Gasteiger partial charge < -0.3 is 15.3 Å². The standard InChI is InChI=1S/C14H19ClN2O3/c1-3-4-5-8-17(2)14(20)16-10-6-7-11(13(18)19)12(15)9-10/h6-7,9H,3-5,8H2,1-2H3,(H,16,20)(H,18,19). The van der Waals surface area contributed by atoms with Crippen LogP contribution >= 0.6 is 11.6 Å². The molecule has 0 heterocycles. The first-order valence-electron chi connectivity index (χ1n) is 6.50. The molecule has 5 nitrogen and oxygen atoms in total. The Bertz CT molecular complexity index is 491. The summed E-state index contributed by atoms with van der Waals surface area (Å²) in [5.74, 6) is -1.09. The van der Waals surface area contributed by atoms with E-state index in [1.54, 1.807) is 11.9 Å². The quantitative estimate of drug-likeness (QED) is 0.787. The van der Waals surface area contributed by atoms with Crippen LogP contribution in [-0.2, 0) is 0 Å². The van der Waals surface area contributed by atoms with Crippen LogP contribution in [-0.4, -0.2) is 35.6 Å². The Kier molecular flexibility index (Phi) is 6.31. The summed E-state index contributed by atoms with van der Waals surface area (Å²) in [6.45, 7) is 2.78. The van der Waals surface area contributed by atoms with Crippen LogP contribution < -0.4 is 5.32 Å². The Morgan fingerprint density at radius 2 is 2.05 bits per heavy atom. The number of rotatable bonds is 6. The molecular weight excluding hydrogens is 280 g/mol. The van der Waals surface area contributed by atoms with Crippen LogP contribution in [0.5, 0.6) is 0 Å². The first-order chi connectivity index (χ1) is 9.45. The molecule has 1 aromatic rings. The van der Waals surface area contributed by atoms with Crippen molar-refractivity contribution < 1.29 is 14.7 Å². The highest BCUT2D eigenvalue weighted by molar-refractivity contribution is 6.33. The maximum absolute atomic E-state index is 11.9. The molecule has 0 bridgehead atoms. The number of nitrogens with one attached hydrogen (secondary N) is 1. The molecular formula is C14H19ClN2O3. The highest BCUT2D eigenvalue weighted by Gasteiger charge is 2.12. The molecule has 0 fully saturated rings. The number of anilines is 1. The molecule has 0 spiro atoms. The van der Waals surface area contributed by atoms with E-state index in [-0.39, 0.29) is 16.6 Å². The minimum atomic E-state index is -1.09.